The summed E-state index contributed by atoms with van der Waals surface area (Å²) in [4.78, 5) is 35.9. The number of phenolic OH excluding ortho intramolecular Hbond substituents is 1. The van der Waals surface area contributed by atoms with E-state index in [1.807, 2.05) is 0 Å². The molecule has 0 bridgehead atoms. The van der Waals surface area contributed by atoms with E-state index in [2.05, 4.69) is 16.4 Å². The molecule has 2 rings (SSSR count). The minimum atomic E-state index is -1.41. The standard InChI is InChI=1S/C20H23N3O5/c21-12-18(25)22-16(10-14-6-8-15(24)9-7-14)19(26)23-17(20(27)28)11-13-4-2-1-3-5-13/h1-9,16-17,24H,10-12,21H2,(H,22,25)(H,23,26)(H,27,28)/t16-,17-/m0/s1. The molecule has 148 valence electrons. The summed E-state index contributed by atoms with van der Waals surface area (Å²) in [6, 6.07) is 12.8. The lowest BCUT2D eigenvalue weighted by molar-refractivity contribution is -0.355. The first-order chi connectivity index (χ1) is 13.4. The Morgan fingerprint density at radius 2 is 1.46 bits per heavy atom. The van der Waals surface area contributed by atoms with Gasteiger partial charge in [0, 0.05) is 6.42 Å². The molecule has 2 aromatic carbocycles. The predicted molar refractivity (Wildman–Crippen MR) is 98.6 cm³/mol. The van der Waals surface area contributed by atoms with Gasteiger partial charge in [-0.05, 0) is 29.7 Å². The molecule has 0 aliphatic heterocycles. The minimum absolute atomic E-state index is 0.0596. The fraction of sp³-hybridized carbons (Fsp3) is 0.250. The molecule has 6 N–H and O–H groups in total. The van der Waals surface area contributed by atoms with Crippen LogP contribution in [-0.4, -0.2) is 41.5 Å². The first kappa shape index (κ1) is 20.9. The second-order valence-electron chi connectivity index (χ2n) is 6.31. The maximum Gasteiger partial charge on any atom is 0.275 e. The van der Waals surface area contributed by atoms with Crippen molar-refractivity contribution in [1.29, 1.82) is 0 Å². The van der Waals surface area contributed by atoms with Crippen molar-refractivity contribution in [2.75, 3.05) is 6.54 Å². The van der Waals surface area contributed by atoms with Crippen LogP contribution in [-0.2, 0) is 27.2 Å². The molecular formula is C20H23N3O5. The Labute approximate surface area is 162 Å². The fourth-order valence-electron chi connectivity index (χ4n) is 2.66. The van der Waals surface area contributed by atoms with E-state index in [9.17, 15) is 24.6 Å². The first-order valence-corrected chi connectivity index (χ1v) is 8.80. The lowest BCUT2D eigenvalue weighted by atomic mass is 10.0. The summed E-state index contributed by atoms with van der Waals surface area (Å²) in [6.45, 7) is -0.0622. The van der Waals surface area contributed by atoms with Gasteiger partial charge in [0.05, 0.1) is 12.0 Å². The van der Waals surface area contributed by atoms with E-state index in [0.29, 0.717) is 5.56 Å². The zero-order valence-corrected chi connectivity index (χ0v) is 15.3. The molecule has 8 nitrogen and oxygen atoms in total. The lowest BCUT2D eigenvalue weighted by Crippen LogP contribution is -2.61. The Hall–Kier alpha value is -3.39. The molecular weight excluding hydrogens is 362 g/mol. The summed E-state index contributed by atoms with van der Waals surface area (Å²) in [6.07, 6.45) is 0.188. The Morgan fingerprint density at radius 3 is 2.04 bits per heavy atom. The van der Waals surface area contributed by atoms with Gasteiger partial charge in [0.1, 0.15) is 11.8 Å². The molecule has 0 heterocycles. The van der Waals surface area contributed by atoms with Gasteiger partial charge in [0.2, 0.25) is 5.91 Å². The maximum absolute atomic E-state index is 12.7. The Balaban J connectivity index is 2.13. The average Bonchev–Trinajstić information content (AvgIpc) is 2.69. The second-order valence-corrected chi connectivity index (χ2v) is 6.31. The fourth-order valence-corrected chi connectivity index (χ4v) is 2.66. The highest BCUT2D eigenvalue weighted by Crippen LogP contribution is 2.12. The molecule has 0 fully saturated rings. The molecule has 2 amide bonds. The lowest BCUT2D eigenvalue weighted by Gasteiger charge is -2.24. The normalized spacial score (nSPS) is 12.6. The monoisotopic (exact) mass is 385 g/mol. The number of amides is 2. The van der Waals surface area contributed by atoms with Gasteiger partial charge in [0.25, 0.3) is 5.91 Å². The van der Waals surface area contributed by atoms with E-state index in [1.165, 1.54) is 12.1 Å². The summed E-state index contributed by atoms with van der Waals surface area (Å²) in [5, 5.41) is 25.8. The number of hydrogen-bond acceptors (Lipinski definition) is 5. The molecule has 8 heteroatoms. The number of carbonyl (C=O) groups is 3. The molecule has 0 unspecified atom stereocenters. The summed E-state index contributed by atoms with van der Waals surface area (Å²) < 4.78 is 0. The highest BCUT2D eigenvalue weighted by molar-refractivity contribution is 5.90. The number of aliphatic carboxylic acids is 1. The van der Waals surface area contributed by atoms with E-state index in [1.54, 1.807) is 42.5 Å². The van der Waals surface area contributed by atoms with Crippen LogP contribution in [0.1, 0.15) is 11.1 Å². The largest absolute Gasteiger partial charge is 0.548 e. The molecule has 0 aromatic heterocycles. The van der Waals surface area contributed by atoms with Gasteiger partial charge in [-0.3, -0.25) is 9.59 Å². The van der Waals surface area contributed by atoms with Crippen LogP contribution >= 0.6 is 0 Å². The number of phenols is 1. The van der Waals surface area contributed by atoms with Crippen LogP contribution in [0.3, 0.4) is 0 Å². The molecule has 2 atom stereocenters. The zero-order valence-electron chi connectivity index (χ0n) is 15.3. The third-order valence-corrected chi connectivity index (χ3v) is 4.14. The number of nitrogens with one attached hydrogen (secondary N) is 2. The molecule has 0 spiro atoms. The molecule has 0 aliphatic carbocycles. The zero-order chi connectivity index (χ0) is 20.5. The third kappa shape index (κ3) is 6.40. The number of carbonyl (C=O) groups excluding carboxylic acids is 3. The van der Waals surface area contributed by atoms with E-state index >= 15 is 0 Å². The van der Waals surface area contributed by atoms with Crippen molar-refractivity contribution in [2.24, 2.45) is 0 Å². The molecule has 0 saturated carbocycles. The van der Waals surface area contributed by atoms with Gasteiger partial charge < -0.3 is 31.4 Å². The maximum atomic E-state index is 12.7. The highest BCUT2D eigenvalue weighted by atomic mass is 16.4. The van der Waals surface area contributed by atoms with Gasteiger partial charge in [-0.15, -0.1) is 0 Å². The van der Waals surface area contributed by atoms with E-state index < -0.39 is 29.9 Å². The van der Waals surface area contributed by atoms with Gasteiger partial charge in [-0.1, -0.05) is 42.5 Å². The summed E-state index contributed by atoms with van der Waals surface area (Å²) >= 11 is 0. The van der Waals surface area contributed by atoms with Gasteiger partial charge in [-0.2, -0.15) is 0 Å². The van der Waals surface area contributed by atoms with Gasteiger partial charge in [-0.25, -0.2) is 0 Å². The first-order valence-electron chi connectivity index (χ1n) is 8.80. The summed E-state index contributed by atoms with van der Waals surface area (Å²) in [5.41, 5.74) is 4.90. The minimum Gasteiger partial charge on any atom is -0.548 e. The Bertz CT molecular complexity index is 808. The van der Waals surface area contributed by atoms with Crippen LogP contribution < -0.4 is 21.5 Å². The number of carboxylic acid groups (broad SMARTS) is 1. The molecule has 0 saturated heterocycles. The summed E-state index contributed by atoms with van der Waals surface area (Å²) in [5.74, 6) is -2.41. The van der Waals surface area contributed by atoms with Crippen molar-refractivity contribution in [3.8, 4) is 5.75 Å². The highest BCUT2D eigenvalue weighted by Gasteiger charge is 2.24. The number of benzene rings is 2. The SMILES string of the molecule is [NH3+]CC(=O)N[C@@H](Cc1ccc(O)cc1)C(=O)N[C@@H](Cc1ccccc1)C(=O)[O-]. The van der Waals surface area contributed by atoms with E-state index in [-0.39, 0.29) is 25.1 Å². The molecule has 0 radical (unpaired) electrons. The summed E-state index contributed by atoms with van der Waals surface area (Å²) in [7, 11) is 0. The number of rotatable bonds is 9. The predicted octanol–water partition coefficient (Wildman–Crippen LogP) is -1.86. The molecule has 28 heavy (non-hydrogen) atoms. The molecule has 2 aromatic rings. The second kappa shape index (κ2) is 10.1. The van der Waals surface area contributed by atoms with Gasteiger partial charge in [0.15, 0.2) is 6.54 Å². The Kier molecular flexibility index (Phi) is 7.53. The van der Waals surface area contributed by atoms with Crippen molar-refractivity contribution in [1.82, 2.24) is 10.6 Å². The Morgan fingerprint density at radius 1 is 0.893 bits per heavy atom. The number of aromatic hydroxyl groups is 1. The number of quaternary nitrogens is 1. The van der Waals surface area contributed by atoms with Crippen LogP contribution in [0.15, 0.2) is 54.6 Å². The van der Waals surface area contributed by atoms with Crippen LogP contribution in [0.4, 0.5) is 0 Å². The van der Waals surface area contributed by atoms with Crippen molar-refractivity contribution in [3.05, 3.63) is 65.7 Å². The van der Waals surface area contributed by atoms with Crippen molar-refractivity contribution in [2.45, 2.75) is 24.9 Å². The number of hydrogen-bond donors (Lipinski definition) is 4. The van der Waals surface area contributed by atoms with E-state index in [4.69, 9.17) is 0 Å². The smallest absolute Gasteiger partial charge is 0.275 e. The molecule has 0 aliphatic rings. The average molecular weight is 385 g/mol. The van der Waals surface area contributed by atoms with Crippen molar-refractivity contribution in [3.63, 3.8) is 0 Å². The quantitative estimate of drug-likeness (QED) is 0.400. The van der Waals surface area contributed by atoms with Crippen molar-refractivity contribution >= 4 is 17.8 Å². The van der Waals surface area contributed by atoms with Crippen LogP contribution in [0.2, 0.25) is 0 Å². The van der Waals surface area contributed by atoms with Crippen LogP contribution in [0.25, 0.3) is 0 Å². The van der Waals surface area contributed by atoms with Crippen LogP contribution in [0.5, 0.6) is 5.75 Å². The van der Waals surface area contributed by atoms with Crippen LogP contribution in [0, 0.1) is 0 Å². The number of carboxylic acids is 1. The topological polar surface area (TPSA) is 146 Å². The third-order valence-electron chi connectivity index (χ3n) is 4.14. The van der Waals surface area contributed by atoms with Crippen molar-refractivity contribution < 1.29 is 30.3 Å². The van der Waals surface area contributed by atoms with Gasteiger partial charge >= 0.3 is 0 Å². The van der Waals surface area contributed by atoms with E-state index in [0.717, 1.165) is 5.56 Å².